The van der Waals surface area contributed by atoms with Crippen LogP contribution in [0.3, 0.4) is 0 Å². The van der Waals surface area contributed by atoms with Gasteiger partial charge in [-0.05, 0) is 20.8 Å². The van der Waals surface area contributed by atoms with Crippen LogP contribution in [0.5, 0.6) is 5.88 Å². The van der Waals surface area contributed by atoms with Gasteiger partial charge >= 0.3 is 0 Å². The van der Waals surface area contributed by atoms with Gasteiger partial charge in [0.1, 0.15) is 0 Å². The third-order valence-electron chi connectivity index (χ3n) is 1.51. The number of nitrogens with zero attached hydrogens (tertiary/aromatic N) is 2. The predicted octanol–water partition coefficient (Wildman–Crippen LogP) is 3.07. The fraction of sp³-hybridized carbons (Fsp3) is 0.636. The van der Waals surface area contributed by atoms with E-state index in [1.54, 1.807) is 11.8 Å². The molecule has 4 heteroatoms. The molecule has 0 saturated carbocycles. The summed E-state index contributed by atoms with van der Waals surface area (Å²) in [6, 6.07) is 1.87. The lowest BCUT2D eigenvalue weighted by Gasteiger charge is -2.10. The Hall–Kier alpha value is -0.770. The van der Waals surface area contributed by atoms with E-state index < -0.39 is 0 Å². The molecular weight excluding hydrogens is 208 g/mol. The molecule has 84 valence electrons. The molecule has 0 spiro atoms. The minimum atomic E-state index is 0.149. The van der Waals surface area contributed by atoms with Crippen molar-refractivity contribution in [2.75, 3.05) is 0 Å². The lowest BCUT2D eigenvalue weighted by molar-refractivity contribution is 0.230. The van der Waals surface area contributed by atoms with E-state index in [0.717, 1.165) is 10.9 Å². The normalized spacial score (nSPS) is 11.1. The van der Waals surface area contributed by atoms with Gasteiger partial charge in [0, 0.05) is 17.0 Å². The fourth-order valence-electron chi connectivity index (χ4n) is 1.08. The maximum absolute atomic E-state index is 5.55. The third kappa shape index (κ3) is 4.51. The molecule has 1 aromatic heterocycles. The molecular formula is C11H18N2OS. The Morgan fingerprint density at radius 3 is 2.40 bits per heavy atom. The molecule has 0 fully saturated rings. The molecule has 0 N–H and O–H groups in total. The summed E-state index contributed by atoms with van der Waals surface area (Å²) in [5.74, 6) is 0.667. The number of hydrogen-bond acceptors (Lipinski definition) is 4. The molecule has 0 unspecified atom stereocenters. The van der Waals surface area contributed by atoms with E-state index in [-0.39, 0.29) is 6.10 Å². The van der Waals surface area contributed by atoms with Gasteiger partial charge in [-0.1, -0.05) is 25.6 Å². The average molecular weight is 226 g/mol. The van der Waals surface area contributed by atoms with E-state index >= 15 is 0 Å². The summed E-state index contributed by atoms with van der Waals surface area (Å²) < 4.78 is 5.55. The lowest BCUT2D eigenvalue weighted by Crippen LogP contribution is -2.08. The first kappa shape index (κ1) is 12.3. The van der Waals surface area contributed by atoms with E-state index in [1.165, 1.54) is 0 Å². The molecule has 0 amide bonds. The zero-order valence-corrected chi connectivity index (χ0v) is 10.8. The second-order valence-corrected chi connectivity index (χ2v) is 5.51. The third-order valence-corrected chi connectivity index (χ3v) is 2.37. The number of aryl methyl sites for hydroxylation is 1. The molecule has 0 aliphatic carbocycles. The maximum Gasteiger partial charge on any atom is 0.217 e. The second kappa shape index (κ2) is 5.35. The van der Waals surface area contributed by atoms with Crippen molar-refractivity contribution in [2.45, 2.75) is 51.1 Å². The maximum atomic E-state index is 5.55. The van der Waals surface area contributed by atoms with Gasteiger partial charge in [0.25, 0.3) is 0 Å². The number of aromatic nitrogens is 2. The van der Waals surface area contributed by atoms with Crippen LogP contribution in [0, 0.1) is 6.92 Å². The van der Waals surface area contributed by atoms with Gasteiger partial charge in [-0.2, -0.15) is 4.98 Å². The van der Waals surface area contributed by atoms with Gasteiger partial charge in [-0.25, -0.2) is 4.98 Å². The average Bonchev–Trinajstić information content (AvgIpc) is 1.98. The van der Waals surface area contributed by atoms with Crippen molar-refractivity contribution in [3.8, 4) is 5.88 Å². The number of thioether (sulfide) groups is 1. The van der Waals surface area contributed by atoms with Crippen LogP contribution in [-0.4, -0.2) is 21.3 Å². The van der Waals surface area contributed by atoms with Gasteiger partial charge in [0.05, 0.1) is 6.10 Å². The van der Waals surface area contributed by atoms with Crippen molar-refractivity contribution < 1.29 is 4.74 Å². The van der Waals surface area contributed by atoms with Crippen LogP contribution in [0.4, 0.5) is 0 Å². The molecule has 3 nitrogen and oxygen atoms in total. The number of rotatable bonds is 4. The van der Waals surface area contributed by atoms with Crippen LogP contribution in [0.1, 0.15) is 33.4 Å². The van der Waals surface area contributed by atoms with Gasteiger partial charge in [0.2, 0.25) is 5.88 Å². The topological polar surface area (TPSA) is 35.0 Å². The SMILES string of the molecule is Cc1cc(OC(C)C)nc(SC(C)C)n1. The Morgan fingerprint density at radius 2 is 1.87 bits per heavy atom. The summed E-state index contributed by atoms with van der Waals surface area (Å²) in [5.41, 5.74) is 0.948. The van der Waals surface area contributed by atoms with Gasteiger partial charge in [0.15, 0.2) is 5.16 Å². The molecule has 0 aliphatic heterocycles. The van der Waals surface area contributed by atoms with Crippen molar-refractivity contribution in [3.05, 3.63) is 11.8 Å². The highest BCUT2D eigenvalue weighted by Crippen LogP contribution is 2.22. The highest BCUT2D eigenvalue weighted by atomic mass is 32.2. The largest absolute Gasteiger partial charge is 0.475 e. The summed E-state index contributed by atoms with van der Waals surface area (Å²) in [5, 5.41) is 1.28. The van der Waals surface area contributed by atoms with Crippen LogP contribution < -0.4 is 4.74 Å². The molecule has 0 atom stereocenters. The van der Waals surface area contributed by atoms with E-state index in [2.05, 4.69) is 23.8 Å². The summed E-state index contributed by atoms with van der Waals surface area (Å²) in [6.45, 7) is 10.2. The standard InChI is InChI=1S/C11H18N2OS/c1-7(2)14-10-6-9(5)12-11(13-10)15-8(3)4/h6-8H,1-5H3. The van der Waals surface area contributed by atoms with Gasteiger partial charge < -0.3 is 4.74 Å². The molecule has 0 bridgehead atoms. The van der Waals surface area contributed by atoms with Gasteiger partial charge in [-0.3, -0.25) is 0 Å². The second-order valence-electron chi connectivity index (χ2n) is 3.96. The van der Waals surface area contributed by atoms with E-state index in [0.29, 0.717) is 11.1 Å². The Balaban J connectivity index is 2.84. The molecule has 15 heavy (non-hydrogen) atoms. The van der Waals surface area contributed by atoms with Crippen LogP contribution in [-0.2, 0) is 0 Å². The highest BCUT2D eigenvalue weighted by Gasteiger charge is 2.07. The van der Waals surface area contributed by atoms with Crippen molar-refractivity contribution >= 4 is 11.8 Å². The summed E-state index contributed by atoms with van der Waals surface area (Å²) in [6.07, 6.45) is 0.149. The van der Waals surface area contributed by atoms with Crippen molar-refractivity contribution in [1.29, 1.82) is 0 Å². The Morgan fingerprint density at radius 1 is 1.20 bits per heavy atom. The van der Waals surface area contributed by atoms with Gasteiger partial charge in [-0.15, -0.1) is 0 Å². The van der Waals surface area contributed by atoms with Crippen molar-refractivity contribution in [2.24, 2.45) is 0 Å². The highest BCUT2D eigenvalue weighted by molar-refractivity contribution is 7.99. The Labute approximate surface area is 95.7 Å². The Bertz CT molecular complexity index is 298. The van der Waals surface area contributed by atoms with E-state index in [4.69, 9.17) is 4.74 Å². The minimum absolute atomic E-state index is 0.149. The van der Waals surface area contributed by atoms with Crippen molar-refractivity contribution in [1.82, 2.24) is 9.97 Å². The quantitative estimate of drug-likeness (QED) is 0.584. The number of ether oxygens (including phenoxy) is 1. The lowest BCUT2D eigenvalue weighted by atomic mass is 10.4. The minimum Gasteiger partial charge on any atom is -0.475 e. The molecule has 0 saturated heterocycles. The summed E-state index contributed by atoms with van der Waals surface area (Å²) >= 11 is 1.65. The predicted molar refractivity (Wildman–Crippen MR) is 63.5 cm³/mol. The summed E-state index contributed by atoms with van der Waals surface area (Å²) in [7, 11) is 0. The molecule has 0 radical (unpaired) electrons. The van der Waals surface area contributed by atoms with Crippen LogP contribution in [0.25, 0.3) is 0 Å². The van der Waals surface area contributed by atoms with Crippen molar-refractivity contribution in [3.63, 3.8) is 0 Å². The monoisotopic (exact) mass is 226 g/mol. The molecule has 1 aromatic rings. The first-order valence-corrected chi connectivity index (χ1v) is 6.04. The van der Waals surface area contributed by atoms with E-state index in [9.17, 15) is 0 Å². The number of hydrogen-bond donors (Lipinski definition) is 0. The fourth-order valence-corrected chi connectivity index (χ4v) is 1.84. The smallest absolute Gasteiger partial charge is 0.217 e. The van der Waals surface area contributed by atoms with Crippen LogP contribution >= 0.6 is 11.8 Å². The van der Waals surface area contributed by atoms with E-state index in [1.807, 2.05) is 26.8 Å². The Kier molecular flexibility index (Phi) is 4.39. The zero-order chi connectivity index (χ0) is 11.4. The summed E-state index contributed by atoms with van der Waals surface area (Å²) in [4.78, 5) is 8.70. The first-order chi connectivity index (χ1) is 6.97. The zero-order valence-electron chi connectivity index (χ0n) is 9.94. The first-order valence-electron chi connectivity index (χ1n) is 5.16. The molecule has 1 rings (SSSR count). The molecule has 0 aromatic carbocycles. The molecule has 0 aliphatic rings. The van der Waals surface area contributed by atoms with Crippen LogP contribution in [0.2, 0.25) is 0 Å². The van der Waals surface area contributed by atoms with Crippen LogP contribution in [0.15, 0.2) is 11.2 Å². The molecule has 1 heterocycles.